The second-order valence-corrected chi connectivity index (χ2v) is 9.96. The zero-order chi connectivity index (χ0) is 22.1. The molecule has 1 fully saturated rings. The Morgan fingerprint density at radius 1 is 1.09 bits per heavy atom. The number of hydrogen-bond acceptors (Lipinski definition) is 5. The normalized spacial score (nSPS) is 16.8. The molecule has 1 aromatic heterocycles. The number of amides is 1. The summed E-state index contributed by atoms with van der Waals surface area (Å²) in [6, 6.07) is 10.6. The van der Waals surface area contributed by atoms with Crippen LogP contribution >= 0.6 is 11.3 Å². The first-order valence-corrected chi connectivity index (χ1v) is 12.5. The minimum absolute atomic E-state index is 0.0556. The predicted molar refractivity (Wildman–Crippen MR) is 131 cm³/mol. The molecule has 1 amide bonds. The van der Waals surface area contributed by atoms with E-state index >= 15 is 0 Å². The van der Waals surface area contributed by atoms with Crippen LogP contribution in [0.5, 0.6) is 0 Å². The molecule has 1 aliphatic carbocycles. The molecule has 2 heterocycles. The lowest BCUT2D eigenvalue weighted by atomic mass is 9.90. The molecule has 2 aromatic carbocycles. The number of nitrogens with zero attached hydrogens (tertiary/aromatic N) is 3. The highest BCUT2D eigenvalue weighted by Crippen LogP contribution is 2.33. The monoisotopic (exact) mass is 449 g/mol. The van der Waals surface area contributed by atoms with Crippen LogP contribution in [0.3, 0.4) is 0 Å². The number of ether oxygens (including phenoxy) is 1. The summed E-state index contributed by atoms with van der Waals surface area (Å²) in [7, 11) is 0. The minimum Gasteiger partial charge on any atom is -0.379 e. The summed E-state index contributed by atoms with van der Waals surface area (Å²) in [6.07, 6.45) is 4.66. The van der Waals surface area contributed by atoms with E-state index in [4.69, 9.17) is 9.72 Å². The van der Waals surface area contributed by atoms with Gasteiger partial charge in [0.25, 0.3) is 5.91 Å². The molecule has 0 N–H and O–H groups in total. The van der Waals surface area contributed by atoms with Gasteiger partial charge in [-0.05, 0) is 80.0 Å². The molecule has 1 saturated heterocycles. The van der Waals surface area contributed by atoms with Crippen LogP contribution in [0.4, 0.5) is 5.13 Å². The average molecular weight is 450 g/mol. The van der Waals surface area contributed by atoms with E-state index in [1.165, 1.54) is 35.1 Å². The molecule has 0 spiro atoms. The van der Waals surface area contributed by atoms with Crippen LogP contribution in [0, 0.1) is 13.8 Å². The predicted octanol–water partition coefficient (Wildman–Crippen LogP) is 4.77. The van der Waals surface area contributed by atoms with Crippen molar-refractivity contribution in [2.45, 2.75) is 39.5 Å². The van der Waals surface area contributed by atoms with E-state index in [0.29, 0.717) is 6.54 Å². The Morgan fingerprint density at radius 3 is 2.69 bits per heavy atom. The van der Waals surface area contributed by atoms with E-state index in [9.17, 15) is 4.79 Å². The molecule has 5 nitrogen and oxygen atoms in total. The molecule has 1 aliphatic heterocycles. The Hall–Kier alpha value is -2.28. The summed E-state index contributed by atoms with van der Waals surface area (Å²) >= 11 is 1.62. The molecule has 5 rings (SSSR count). The maximum Gasteiger partial charge on any atom is 0.260 e. The van der Waals surface area contributed by atoms with Gasteiger partial charge in [-0.25, -0.2) is 4.98 Å². The number of aromatic nitrogens is 1. The third-order valence-electron chi connectivity index (χ3n) is 6.89. The Bertz CT molecular complexity index is 1130. The molecule has 0 radical (unpaired) electrons. The maximum atomic E-state index is 13.8. The van der Waals surface area contributed by atoms with Gasteiger partial charge in [0.2, 0.25) is 0 Å². The highest BCUT2D eigenvalue weighted by Gasteiger charge is 2.24. The first-order chi connectivity index (χ1) is 15.6. The van der Waals surface area contributed by atoms with Crippen LogP contribution in [0.15, 0.2) is 30.3 Å². The number of aryl methyl sites for hydroxylation is 4. The fourth-order valence-corrected chi connectivity index (χ4v) is 5.75. The topological polar surface area (TPSA) is 45.7 Å². The van der Waals surface area contributed by atoms with Crippen molar-refractivity contribution in [3.05, 3.63) is 58.1 Å². The van der Waals surface area contributed by atoms with Gasteiger partial charge < -0.3 is 4.74 Å². The number of hydrogen-bond donors (Lipinski definition) is 0. The minimum atomic E-state index is 0.0556. The third-order valence-corrected chi connectivity index (χ3v) is 7.93. The van der Waals surface area contributed by atoms with Crippen LogP contribution in [0.25, 0.3) is 10.2 Å². The van der Waals surface area contributed by atoms with E-state index in [2.05, 4.69) is 43.0 Å². The summed E-state index contributed by atoms with van der Waals surface area (Å²) in [5.74, 6) is 0.0556. The number of anilines is 1. The summed E-state index contributed by atoms with van der Waals surface area (Å²) < 4.78 is 6.63. The molecule has 0 saturated carbocycles. The van der Waals surface area contributed by atoms with Crippen LogP contribution in [0.2, 0.25) is 0 Å². The van der Waals surface area contributed by atoms with Gasteiger partial charge in [0.05, 0.1) is 23.4 Å². The molecular weight excluding hydrogens is 418 g/mol. The van der Waals surface area contributed by atoms with Crippen molar-refractivity contribution in [1.82, 2.24) is 9.88 Å². The highest BCUT2D eigenvalue weighted by molar-refractivity contribution is 7.22. The van der Waals surface area contributed by atoms with E-state index < -0.39 is 0 Å². The first kappa shape index (κ1) is 21.6. The molecule has 2 aliphatic rings. The molecule has 0 atom stereocenters. The molecule has 0 unspecified atom stereocenters. The van der Waals surface area contributed by atoms with Gasteiger partial charge in [-0.2, -0.15) is 0 Å². The molecule has 0 bridgehead atoms. The summed E-state index contributed by atoms with van der Waals surface area (Å²) in [5, 5.41) is 0.796. The van der Waals surface area contributed by atoms with E-state index in [0.717, 1.165) is 66.6 Å². The van der Waals surface area contributed by atoms with Gasteiger partial charge in [0.1, 0.15) is 0 Å². The van der Waals surface area contributed by atoms with Crippen molar-refractivity contribution in [3.8, 4) is 0 Å². The number of rotatable bonds is 5. The van der Waals surface area contributed by atoms with Crippen molar-refractivity contribution in [2.24, 2.45) is 0 Å². The Morgan fingerprint density at radius 2 is 1.88 bits per heavy atom. The zero-order valence-electron chi connectivity index (χ0n) is 19.0. The fourth-order valence-electron chi connectivity index (χ4n) is 4.70. The summed E-state index contributed by atoms with van der Waals surface area (Å²) in [4.78, 5) is 23.0. The first-order valence-electron chi connectivity index (χ1n) is 11.7. The number of thiazole rings is 1. The van der Waals surface area contributed by atoms with Gasteiger partial charge in [0, 0.05) is 31.7 Å². The van der Waals surface area contributed by atoms with E-state index in [1.807, 2.05) is 11.0 Å². The number of carbonyl (C=O) groups excluding carboxylic acids is 1. The van der Waals surface area contributed by atoms with Crippen molar-refractivity contribution in [1.29, 1.82) is 0 Å². The Labute approximate surface area is 194 Å². The van der Waals surface area contributed by atoms with Crippen molar-refractivity contribution in [2.75, 3.05) is 44.3 Å². The van der Waals surface area contributed by atoms with Crippen molar-refractivity contribution in [3.63, 3.8) is 0 Å². The maximum absolute atomic E-state index is 13.8. The van der Waals surface area contributed by atoms with E-state index in [-0.39, 0.29) is 5.91 Å². The van der Waals surface area contributed by atoms with Crippen LogP contribution in [-0.2, 0) is 17.6 Å². The van der Waals surface area contributed by atoms with Gasteiger partial charge in [-0.1, -0.05) is 23.5 Å². The lowest BCUT2D eigenvalue weighted by Crippen LogP contribution is -2.43. The SMILES string of the molecule is Cc1ccc2sc(N(CCN3CCOCC3)C(=O)c3ccc4c(c3)CCCC4)nc2c1C. The molecule has 6 heteroatoms. The number of carbonyl (C=O) groups is 1. The standard InChI is InChI=1S/C26H31N3O2S/c1-18-7-10-23-24(19(18)2)27-26(32-23)29(12-11-28-13-15-31-16-14-28)25(30)22-9-8-20-5-3-4-6-21(20)17-22/h7-10,17H,3-6,11-16H2,1-2H3. The number of fused-ring (bicyclic) bond motifs is 2. The van der Waals surface area contributed by atoms with Crippen molar-refractivity contribution >= 4 is 32.6 Å². The molecule has 32 heavy (non-hydrogen) atoms. The smallest absolute Gasteiger partial charge is 0.260 e. The number of morpholine rings is 1. The molecule has 3 aromatic rings. The zero-order valence-corrected chi connectivity index (χ0v) is 19.8. The van der Waals surface area contributed by atoms with Crippen molar-refractivity contribution < 1.29 is 9.53 Å². The molecule has 168 valence electrons. The van der Waals surface area contributed by atoms with Crippen LogP contribution in [-0.4, -0.2) is 55.2 Å². The van der Waals surface area contributed by atoms with Gasteiger partial charge in [-0.15, -0.1) is 0 Å². The van der Waals surface area contributed by atoms with E-state index in [1.54, 1.807) is 11.3 Å². The fraction of sp³-hybridized carbons (Fsp3) is 0.462. The quantitative estimate of drug-likeness (QED) is 0.563. The van der Waals surface area contributed by atoms with Gasteiger partial charge >= 0.3 is 0 Å². The lowest BCUT2D eigenvalue weighted by Gasteiger charge is -2.29. The summed E-state index contributed by atoms with van der Waals surface area (Å²) in [5.41, 5.74) is 6.96. The second-order valence-electron chi connectivity index (χ2n) is 8.95. The average Bonchev–Trinajstić information content (AvgIpc) is 3.26. The van der Waals surface area contributed by atoms with Gasteiger partial charge in [-0.3, -0.25) is 14.6 Å². The Kier molecular flexibility index (Phi) is 6.26. The Balaban J connectivity index is 1.47. The highest BCUT2D eigenvalue weighted by atomic mass is 32.1. The van der Waals surface area contributed by atoms with Crippen LogP contribution in [0.1, 0.15) is 45.5 Å². The van der Waals surface area contributed by atoms with Gasteiger partial charge in [0.15, 0.2) is 5.13 Å². The largest absolute Gasteiger partial charge is 0.379 e. The lowest BCUT2D eigenvalue weighted by molar-refractivity contribution is 0.0391. The number of benzene rings is 2. The summed E-state index contributed by atoms with van der Waals surface area (Å²) in [6.45, 7) is 9.04. The third kappa shape index (κ3) is 4.32. The second kappa shape index (κ2) is 9.30. The van der Waals surface area contributed by atoms with Crippen LogP contribution < -0.4 is 4.90 Å². The molecular formula is C26H31N3O2S.